The molecular formula is C20H23N5O3S. The third-order valence-electron chi connectivity index (χ3n) is 4.92. The highest BCUT2D eigenvalue weighted by Crippen LogP contribution is 2.33. The van der Waals surface area contributed by atoms with Gasteiger partial charge in [0.05, 0.1) is 17.9 Å². The lowest BCUT2D eigenvalue weighted by Crippen LogP contribution is -2.31. The summed E-state index contributed by atoms with van der Waals surface area (Å²) in [6, 6.07) is 7.71. The molecule has 1 unspecified atom stereocenters. The summed E-state index contributed by atoms with van der Waals surface area (Å²) in [6.45, 7) is 3.19. The first kappa shape index (κ1) is 19.7. The van der Waals surface area contributed by atoms with Crippen molar-refractivity contribution in [2.75, 3.05) is 26.0 Å². The summed E-state index contributed by atoms with van der Waals surface area (Å²) in [5.41, 5.74) is 2.41. The second kappa shape index (κ2) is 8.38. The fourth-order valence-electron chi connectivity index (χ4n) is 3.39. The maximum absolute atomic E-state index is 13.1. The fourth-order valence-corrected chi connectivity index (χ4v) is 4.52. The van der Waals surface area contributed by atoms with Crippen LogP contribution in [0.1, 0.15) is 24.4 Å². The highest BCUT2D eigenvalue weighted by atomic mass is 32.2. The second-order valence-electron chi connectivity index (χ2n) is 7.06. The van der Waals surface area contributed by atoms with Crippen LogP contribution in [0, 0.1) is 6.92 Å². The number of hydrogen-bond donors (Lipinski definition) is 1. The quantitative estimate of drug-likeness (QED) is 0.471. The van der Waals surface area contributed by atoms with E-state index in [0.29, 0.717) is 35.1 Å². The van der Waals surface area contributed by atoms with Crippen molar-refractivity contribution < 1.29 is 9.53 Å². The molecule has 152 valence electrons. The molecule has 1 amide bonds. The minimum absolute atomic E-state index is 0.0677. The van der Waals surface area contributed by atoms with Gasteiger partial charge in [0, 0.05) is 32.4 Å². The number of carbonyl (C=O) groups is 1. The number of fused-ring (bicyclic) bond motifs is 2. The van der Waals surface area contributed by atoms with Crippen molar-refractivity contribution in [2.24, 2.45) is 0 Å². The number of methoxy groups -OCH3 is 1. The number of nitrogens with zero attached hydrogens (tertiary/aromatic N) is 4. The molecule has 0 spiro atoms. The molecule has 29 heavy (non-hydrogen) atoms. The van der Waals surface area contributed by atoms with Crippen molar-refractivity contribution in [3.63, 3.8) is 0 Å². The van der Waals surface area contributed by atoms with E-state index in [9.17, 15) is 9.59 Å². The molecule has 1 aliphatic heterocycles. The molecule has 1 atom stereocenters. The smallest absolute Gasteiger partial charge is 0.265 e. The summed E-state index contributed by atoms with van der Waals surface area (Å²) in [5, 5.41) is 8.36. The molecule has 3 heterocycles. The Morgan fingerprint density at radius 3 is 2.90 bits per heavy atom. The predicted octanol–water partition coefficient (Wildman–Crippen LogP) is 2.08. The molecular weight excluding hydrogens is 390 g/mol. The fraction of sp³-hybridized carbons (Fsp3) is 0.400. The molecule has 1 aliphatic rings. The Hall–Kier alpha value is -2.65. The lowest BCUT2D eigenvalue weighted by atomic mass is 10.2. The number of rotatable bonds is 7. The van der Waals surface area contributed by atoms with Crippen molar-refractivity contribution in [1.29, 1.82) is 0 Å². The summed E-state index contributed by atoms with van der Waals surface area (Å²) >= 11 is 1.50. The molecule has 2 aromatic heterocycles. The van der Waals surface area contributed by atoms with Crippen LogP contribution >= 0.6 is 11.8 Å². The number of hydrogen-bond acceptors (Lipinski definition) is 6. The van der Waals surface area contributed by atoms with Gasteiger partial charge in [0.2, 0.25) is 5.91 Å². The standard InChI is InChI=1S/C20H23N5O3S/c1-13-4-6-14(7-5-13)25-18-16(11-22-25)19(27)24-15(12-29-20(24)23-18)10-17(26)21-8-3-9-28-2/h4-7,11,15H,3,8-10,12H2,1-2H3,(H,21,26). The van der Waals surface area contributed by atoms with Crippen LogP contribution in [-0.2, 0) is 9.53 Å². The number of amides is 1. The van der Waals surface area contributed by atoms with Crippen molar-refractivity contribution >= 4 is 28.7 Å². The number of carbonyl (C=O) groups excluding carboxylic acids is 1. The molecule has 1 N–H and O–H groups in total. The van der Waals surface area contributed by atoms with E-state index in [1.165, 1.54) is 11.8 Å². The molecule has 0 saturated heterocycles. The van der Waals surface area contributed by atoms with Crippen LogP contribution in [0.2, 0.25) is 0 Å². The van der Waals surface area contributed by atoms with E-state index < -0.39 is 0 Å². The summed E-state index contributed by atoms with van der Waals surface area (Å²) in [4.78, 5) is 30.1. The van der Waals surface area contributed by atoms with E-state index >= 15 is 0 Å². The van der Waals surface area contributed by atoms with Gasteiger partial charge in [0.1, 0.15) is 5.39 Å². The maximum atomic E-state index is 13.1. The summed E-state index contributed by atoms with van der Waals surface area (Å²) in [6.07, 6.45) is 2.58. The molecule has 0 fully saturated rings. The van der Waals surface area contributed by atoms with Crippen LogP contribution in [0.5, 0.6) is 0 Å². The molecule has 3 aromatic rings. The Labute approximate surface area is 172 Å². The molecule has 1 aromatic carbocycles. The molecule has 8 nitrogen and oxygen atoms in total. The van der Waals surface area contributed by atoms with Crippen LogP contribution in [-0.4, -0.2) is 51.3 Å². The Morgan fingerprint density at radius 2 is 2.14 bits per heavy atom. The lowest BCUT2D eigenvalue weighted by molar-refractivity contribution is -0.121. The van der Waals surface area contributed by atoms with E-state index in [1.807, 2.05) is 31.2 Å². The number of ether oxygens (including phenoxy) is 1. The summed E-state index contributed by atoms with van der Waals surface area (Å²) in [7, 11) is 1.63. The van der Waals surface area contributed by atoms with Gasteiger partial charge < -0.3 is 10.1 Å². The van der Waals surface area contributed by atoms with Crippen molar-refractivity contribution in [2.45, 2.75) is 31.0 Å². The molecule has 9 heteroatoms. The monoisotopic (exact) mass is 413 g/mol. The highest BCUT2D eigenvalue weighted by Gasteiger charge is 2.29. The van der Waals surface area contributed by atoms with Gasteiger partial charge in [-0.2, -0.15) is 5.10 Å². The third kappa shape index (κ3) is 3.92. The van der Waals surface area contributed by atoms with E-state index in [1.54, 1.807) is 22.6 Å². The van der Waals surface area contributed by atoms with E-state index in [0.717, 1.165) is 17.7 Å². The largest absolute Gasteiger partial charge is 0.385 e. The van der Waals surface area contributed by atoms with Gasteiger partial charge in [-0.05, 0) is 25.5 Å². The Bertz CT molecular complexity index is 1090. The number of thioether (sulfide) groups is 1. The average molecular weight is 414 g/mol. The van der Waals surface area contributed by atoms with Crippen LogP contribution in [0.3, 0.4) is 0 Å². The zero-order valence-electron chi connectivity index (χ0n) is 16.4. The van der Waals surface area contributed by atoms with Crippen LogP contribution in [0.15, 0.2) is 40.4 Å². The Kier molecular flexibility index (Phi) is 5.68. The predicted molar refractivity (Wildman–Crippen MR) is 112 cm³/mol. The Morgan fingerprint density at radius 1 is 1.34 bits per heavy atom. The number of aryl methyl sites for hydroxylation is 1. The van der Waals surface area contributed by atoms with Crippen LogP contribution in [0.25, 0.3) is 16.7 Å². The van der Waals surface area contributed by atoms with Crippen molar-refractivity contribution in [3.05, 3.63) is 46.4 Å². The van der Waals surface area contributed by atoms with Crippen molar-refractivity contribution in [3.8, 4) is 5.69 Å². The number of nitrogens with one attached hydrogen (secondary N) is 1. The van der Waals surface area contributed by atoms with Gasteiger partial charge in [-0.3, -0.25) is 14.2 Å². The van der Waals surface area contributed by atoms with Crippen LogP contribution < -0.4 is 10.9 Å². The van der Waals surface area contributed by atoms with Gasteiger partial charge in [-0.15, -0.1) is 0 Å². The normalized spacial score (nSPS) is 15.6. The first-order valence-corrected chi connectivity index (χ1v) is 10.5. The summed E-state index contributed by atoms with van der Waals surface area (Å²) < 4.78 is 8.31. The Balaban J connectivity index is 1.59. The van der Waals surface area contributed by atoms with Gasteiger partial charge in [0.15, 0.2) is 10.8 Å². The zero-order valence-corrected chi connectivity index (χ0v) is 17.2. The third-order valence-corrected chi connectivity index (χ3v) is 6.02. The van der Waals surface area contributed by atoms with Gasteiger partial charge in [-0.25, -0.2) is 9.67 Å². The van der Waals surface area contributed by atoms with Crippen molar-refractivity contribution in [1.82, 2.24) is 24.6 Å². The van der Waals surface area contributed by atoms with Gasteiger partial charge >= 0.3 is 0 Å². The number of aromatic nitrogens is 4. The molecule has 0 aliphatic carbocycles. The first-order chi connectivity index (χ1) is 14.1. The van der Waals surface area contributed by atoms with Crippen LogP contribution in [0.4, 0.5) is 0 Å². The average Bonchev–Trinajstić information content (AvgIpc) is 3.31. The van der Waals surface area contributed by atoms with E-state index in [4.69, 9.17) is 9.72 Å². The topological polar surface area (TPSA) is 91.0 Å². The summed E-state index contributed by atoms with van der Waals surface area (Å²) in [5.74, 6) is 0.583. The maximum Gasteiger partial charge on any atom is 0.265 e. The minimum Gasteiger partial charge on any atom is -0.385 e. The second-order valence-corrected chi connectivity index (χ2v) is 8.05. The molecule has 0 bridgehead atoms. The minimum atomic E-state index is -0.204. The SMILES string of the molecule is COCCCNC(=O)CC1CSc2nc3c(cnn3-c3ccc(C)cc3)c(=O)n21. The molecule has 0 saturated carbocycles. The molecule has 4 rings (SSSR count). The van der Waals surface area contributed by atoms with E-state index in [2.05, 4.69) is 10.4 Å². The highest BCUT2D eigenvalue weighted by molar-refractivity contribution is 7.99. The number of benzene rings is 1. The lowest BCUT2D eigenvalue weighted by Gasteiger charge is -2.13. The molecule has 0 radical (unpaired) electrons. The first-order valence-electron chi connectivity index (χ1n) is 9.54. The van der Waals surface area contributed by atoms with Gasteiger partial charge in [0.25, 0.3) is 5.56 Å². The van der Waals surface area contributed by atoms with Gasteiger partial charge in [-0.1, -0.05) is 29.5 Å². The van der Waals surface area contributed by atoms with E-state index in [-0.39, 0.29) is 23.9 Å². The zero-order chi connectivity index (χ0) is 20.4.